The van der Waals surface area contributed by atoms with E-state index in [0.29, 0.717) is 12.6 Å². The smallest absolute Gasteiger partial charge is 0.189 e. The van der Waals surface area contributed by atoms with Crippen LogP contribution in [0.1, 0.15) is 24.1 Å². The van der Waals surface area contributed by atoms with Gasteiger partial charge in [0.05, 0.1) is 18.9 Å². The van der Waals surface area contributed by atoms with Crippen molar-refractivity contribution in [2.45, 2.75) is 37.1 Å². The van der Waals surface area contributed by atoms with Crippen molar-refractivity contribution < 1.29 is 4.74 Å². The molecule has 1 aromatic heterocycles. The maximum Gasteiger partial charge on any atom is 0.189 e. The van der Waals surface area contributed by atoms with Gasteiger partial charge < -0.3 is 10.1 Å². The number of hydrogen-bond donors (Lipinski definition) is 1. The Morgan fingerprint density at radius 1 is 1.38 bits per heavy atom. The molecule has 86 valence electrons. The van der Waals surface area contributed by atoms with Crippen molar-refractivity contribution >= 4 is 17.6 Å². The molecule has 0 bridgehead atoms. The molecule has 1 aliphatic heterocycles. The molecule has 0 unspecified atom stereocenters. The van der Waals surface area contributed by atoms with Crippen LogP contribution < -0.4 is 5.32 Å². The highest BCUT2D eigenvalue weighted by molar-refractivity contribution is 7.98. The molecule has 1 N–H and O–H groups in total. The molecule has 1 fully saturated rings. The molecule has 1 aromatic rings. The average Bonchev–Trinajstić information content (AvgIpc) is 3.13. The monoisotopic (exact) mass is 237 g/mol. The van der Waals surface area contributed by atoms with Crippen molar-refractivity contribution in [2.75, 3.05) is 18.2 Å². The van der Waals surface area contributed by atoms with E-state index in [1.165, 1.54) is 12.8 Å². The summed E-state index contributed by atoms with van der Waals surface area (Å²) >= 11 is 1.60. The molecule has 2 heterocycles. The van der Waals surface area contributed by atoms with Crippen LogP contribution in [0.25, 0.3) is 0 Å². The van der Waals surface area contributed by atoms with Gasteiger partial charge in [0.1, 0.15) is 5.82 Å². The van der Waals surface area contributed by atoms with Crippen LogP contribution in [0.3, 0.4) is 0 Å². The molecule has 2 aliphatic rings. The molecule has 0 amide bonds. The molecule has 0 radical (unpaired) electrons. The summed E-state index contributed by atoms with van der Waals surface area (Å²) in [4.78, 5) is 9.10. The van der Waals surface area contributed by atoms with E-state index in [4.69, 9.17) is 4.74 Å². The van der Waals surface area contributed by atoms with Crippen LogP contribution in [0.4, 0.5) is 5.82 Å². The average molecular weight is 237 g/mol. The van der Waals surface area contributed by atoms with Gasteiger partial charge in [0, 0.05) is 18.0 Å². The zero-order valence-electron chi connectivity index (χ0n) is 9.32. The molecular weight excluding hydrogens is 222 g/mol. The van der Waals surface area contributed by atoms with Gasteiger partial charge in [-0.15, -0.1) is 0 Å². The normalized spacial score (nSPS) is 19.3. The molecule has 16 heavy (non-hydrogen) atoms. The van der Waals surface area contributed by atoms with E-state index in [9.17, 15) is 0 Å². The Hall–Kier alpha value is -0.810. The number of nitrogens with one attached hydrogen (secondary N) is 1. The lowest BCUT2D eigenvalue weighted by molar-refractivity contribution is 0.109. The first-order valence-corrected chi connectivity index (χ1v) is 6.87. The molecule has 1 saturated carbocycles. The topological polar surface area (TPSA) is 47.0 Å². The van der Waals surface area contributed by atoms with Crippen molar-refractivity contribution in [3.05, 3.63) is 11.3 Å². The van der Waals surface area contributed by atoms with Gasteiger partial charge in [-0.2, -0.15) is 0 Å². The summed E-state index contributed by atoms with van der Waals surface area (Å²) in [6.07, 6.45) is 5.44. The number of aromatic nitrogens is 2. The third-order valence-electron chi connectivity index (χ3n) is 2.90. The summed E-state index contributed by atoms with van der Waals surface area (Å²) in [5.74, 6) is 0.997. The summed E-state index contributed by atoms with van der Waals surface area (Å²) in [7, 11) is 0. The first kappa shape index (κ1) is 10.4. The van der Waals surface area contributed by atoms with E-state index < -0.39 is 0 Å². The number of anilines is 1. The number of hydrogen-bond acceptors (Lipinski definition) is 5. The van der Waals surface area contributed by atoms with Crippen LogP contribution in [-0.2, 0) is 17.8 Å². The molecule has 0 spiro atoms. The lowest BCUT2D eigenvalue weighted by Crippen LogP contribution is -2.17. The molecule has 3 rings (SSSR count). The van der Waals surface area contributed by atoms with Crippen LogP contribution in [-0.4, -0.2) is 28.9 Å². The standard InChI is InChI=1S/C11H15N3OS/c1-16-11-13-9-4-5-15-6-8(9)10(14-11)12-7-2-3-7/h7H,2-6H2,1H3,(H,12,13,14). The minimum atomic E-state index is 0.621. The number of nitrogens with zero attached hydrogens (tertiary/aromatic N) is 2. The van der Waals surface area contributed by atoms with Gasteiger partial charge in [-0.3, -0.25) is 0 Å². The Morgan fingerprint density at radius 2 is 2.25 bits per heavy atom. The quantitative estimate of drug-likeness (QED) is 0.642. The van der Waals surface area contributed by atoms with Crippen LogP contribution in [0.5, 0.6) is 0 Å². The molecule has 0 aromatic carbocycles. The van der Waals surface area contributed by atoms with Gasteiger partial charge in [0.15, 0.2) is 5.16 Å². The van der Waals surface area contributed by atoms with Crippen molar-refractivity contribution in [2.24, 2.45) is 0 Å². The van der Waals surface area contributed by atoms with Gasteiger partial charge in [-0.05, 0) is 19.1 Å². The van der Waals surface area contributed by atoms with E-state index in [1.807, 2.05) is 6.26 Å². The fraction of sp³-hybridized carbons (Fsp3) is 0.636. The van der Waals surface area contributed by atoms with Gasteiger partial charge in [-0.1, -0.05) is 11.8 Å². The summed E-state index contributed by atoms with van der Waals surface area (Å²) in [6, 6.07) is 0.621. The van der Waals surface area contributed by atoms with Gasteiger partial charge >= 0.3 is 0 Å². The first-order valence-electron chi connectivity index (χ1n) is 5.65. The van der Waals surface area contributed by atoms with E-state index in [-0.39, 0.29) is 0 Å². The summed E-state index contributed by atoms with van der Waals surface area (Å²) in [5, 5.41) is 4.34. The van der Waals surface area contributed by atoms with E-state index in [0.717, 1.165) is 35.3 Å². The molecule has 1 aliphatic carbocycles. The number of thioether (sulfide) groups is 1. The highest BCUT2D eigenvalue weighted by Gasteiger charge is 2.25. The molecule has 4 nitrogen and oxygen atoms in total. The lowest BCUT2D eigenvalue weighted by atomic mass is 10.1. The number of rotatable bonds is 3. The fourth-order valence-electron chi connectivity index (χ4n) is 1.84. The highest BCUT2D eigenvalue weighted by Crippen LogP contribution is 2.29. The van der Waals surface area contributed by atoms with E-state index in [1.54, 1.807) is 11.8 Å². The first-order chi connectivity index (χ1) is 7.86. The van der Waals surface area contributed by atoms with Crippen LogP contribution in [0.15, 0.2) is 5.16 Å². The second-order valence-corrected chi connectivity index (χ2v) is 4.98. The Bertz CT molecular complexity index is 406. The summed E-state index contributed by atoms with van der Waals surface area (Å²) < 4.78 is 5.49. The van der Waals surface area contributed by atoms with Gasteiger partial charge in [-0.25, -0.2) is 9.97 Å². The molecule has 0 atom stereocenters. The molecule has 5 heteroatoms. The van der Waals surface area contributed by atoms with Crippen molar-refractivity contribution in [3.8, 4) is 0 Å². The van der Waals surface area contributed by atoms with Crippen LogP contribution >= 0.6 is 11.8 Å². The number of fused-ring (bicyclic) bond motifs is 1. The number of ether oxygens (including phenoxy) is 1. The predicted octanol–water partition coefficient (Wildman–Crippen LogP) is 1.85. The predicted molar refractivity (Wildman–Crippen MR) is 63.8 cm³/mol. The molecule has 0 saturated heterocycles. The Kier molecular flexibility index (Phi) is 2.73. The van der Waals surface area contributed by atoms with Gasteiger partial charge in [0.25, 0.3) is 0 Å². The Morgan fingerprint density at radius 3 is 3.00 bits per heavy atom. The minimum Gasteiger partial charge on any atom is -0.376 e. The zero-order valence-corrected chi connectivity index (χ0v) is 10.1. The Balaban J connectivity index is 1.97. The van der Waals surface area contributed by atoms with Crippen LogP contribution in [0.2, 0.25) is 0 Å². The van der Waals surface area contributed by atoms with Crippen molar-refractivity contribution in [1.82, 2.24) is 9.97 Å². The minimum absolute atomic E-state index is 0.621. The maximum atomic E-state index is 5.49. The SMILES string of the molecule is CSc1nc2c(c(NC3CC3)n1)COCC2. The zero-order chi connectivity index (χ0) is 11.0. The van der Waals surface area contributed by atoms with Crippen LogP contribution in [0, 0.1) is 0 Å². The van der Waals surface area contributed by atoms with Crippen molar-refractivity contribution in [1.29, 1.82) is 0 Å². The van der Waals surface area contributed by atoms with E-state index in [2.05, 4.69) is 15.3 Å². The van der Waals surface area contributed by atoms with E-state index >= 15 is 0 Å². The maximum absolute atomic E-state index is 5.49. The second-order valence-electron chi connectivity index (χ2n) is 4.21. The van der Waals surface area contributed by atoms with Crippen molar-refractivity contribution in [3.63, 3.8) is 0 Å². The third-order valence-corrected chi connectivity index (χ3v) is 3.45. The Labute approximate surface area is 99.2 Å². The second kappa shape index (κ2) is 4.22. The summed E-state index contributed by atoms with van der Waals surface area (Å²) in [6.45, 7) is 1.43. The largest absolute Gasteiger partial charge is 0.376 e. The summed E-state index contributed by atoms with van der Waals surface area (Å²) in [5.41, 5.74) is 2.32. The molecular formula is C11H15N3OS. The third kappa shape index (κ3) is 2.01. The fourth-order valence-corrected chi connectivity index (χ4v) is 2.23. The highest BCUT2D eigenvalue weighted by atomic mass is 32.2. The van der Waals surface area contributed by atoms with Gasteiger partial charge in [0.2, 0.25) is 0 Å². The lowest BCUT2D eigenvalue weighted by Gasteiger charge is -2.19.